The van der Waals surface area contributed by atoms with Gasteiger partial charge >= 0.3 is 0 Å². The van der Waals surface area contributed by atoms with Crippen molar-refractivity contribution in [3.8, 4) is 11.5 Å². The van der Waals surface area contributed by atoms with Crippen LogP contribution in [0.3, 0.4) is 0 Å². The summed E-state index contributed by atoms with van der Waals surface area (Å²) >= 11 is 0. The first-order chi connectivity index (χ1) is 16.2. The molecule has 3 aromatic rings. The van der Waals surface area contributed by atoms with E-state index in [1.165, 1.54) is 12.8 Å². The van der Waals surface area contributed by atoms with Crippen molar-refractivity contribution in [1.29, 1.82) is 0 Å². The number of hydrogen-bond acceptors (Lipinski definition) is 6. The summed E-state index contributed by atoms with van der Waals surface area (Å²) in [5.41, 5.74) is 2.35. The fourth-order valence-corrected chi connectivity index (χ4v) is 5.25. The Hall–Kier alpha value is -3.32. The van der Waals surface area contributed by atoms with E-state index >= 15 is 0 Å². The first kappa shape index (κ1) is 20.3. The van der Waals surface area contributed by atoms with Crippen LogP contribution in [0.4, 0.5) is 11.5 Å². The molecule has 4 heterocycles. The largest absolute Gasteiger partial charge is 0.454 e. The lowest BCUT2D eigenvalue weighted by Crippen LogP contribution is -2.42. The normalized spacial score (nSPS) is 20.0. The third kappa shape index (κ3) is 3.97. The lowest BCUT2D eigenvalue weighted by Gasteiger charge is -2.29. The van der Waals surface area contributed by atoms with E-state index < -0.39 is 0 Å². The summed E-state index contributed by atoms with van der Waals surface area (Å²) in [7, 11) is 0. The average molecular weight is 445 g/mol. The molecule has 2 fully saturated rings. The molecule has 0 bridgehead atoms. The fraction of sp³-hybridized carbons (Fsp3) is 0.385. The Morgan fingerprint density at radius 2 is 1.85 bits per heavy atom. The van der Waals surface area contributed by atoms with Gasteiger partial charge < -0.3 is 24.6 Å². The van der Waals surface area contributed by atoms with E-state index in [0.717, 1.165) is 61.4 Å². The summed E-state index contributed by atoms with van der Waals surface area (Å²) in [6.45, 7) is 4.34. The zero-order valence-corrected chi connectivity index (χ0v) is 18.6. The number of nitrogens with one attached hydrogen (secondary N) is 1. The number of fused-ring (bicyclic) bond motifs is 2. The Balaban J connectivity index is 1.31. The minimum atomic E-state index is 0.101. The summed E-state index contributed by atoms with van der Waals surface area (Å²) in [5, 5.41) is 4.25. The number of carbonyl (C=O) groups excluding carboxylic acids is 1. The molecule has 2 saturated heterocycles. The first-order valence-corrected chi connectivity index (χ1v) is 11.8. The third-order valence-electron chi connectivity index (χ3n) is 6.90. The van der Waals surface area contributed by atoms with Gasteiger partial charge in [-0.3, -0.25) is 4.79 Å². The van der Waals surface area contributed by atoms with Crippen LogP contribution >= 0.6 is 0 Å². The van der Waals surface area contributed by atoms with E-state index in [1.807, 2.05) is 48.5 Å². The van der Waals surface area contributed by atoms with Crippen LogP contribution in [0.2, 0.25) is 0 Å². The summed E-state index contributed by atoms with van der Waals surface area (Å²) < 4.78 is 10.9. The highest BCUT2D eigenvalue weighted by atomic mass is 16.7. The zero-order chi connectivity index (χ0) is 22.2. The zero-order valence-electron chi connectivity index (χ0n) is 18.6. The molecule has 0 radical (unpaired) electrons. The van der Waals surface area contributed by atoms with Gasteiger partial charge in [-0.1, -0.05) is 18.2 Å². The van der Waals surface area contributed by atoms with E-state index in [-0.39, 0.29) is 18.7 Å². The Labute approximate surface area is 193 Å². The van der Waals surface area contributed by atoms with E-state index in [2.05, 4.69) is 15.1 Å². The van der Waals surface area contributed by atoms with Gasteiger partial charge in [0.2, 0.25) is 6.79 Å². The van der Waals surface area contributed by atoms with Crippen LogP contribution in [0, 0.1) is 0 Å². The average Bonchev–Trinajstić information content (AvgIpc) is 3.60. The smallest absolute Gasteiger partial charge is 0.254 e. The van der Waals surface area contributed by atoms with Crippen LogP contribution in [0.5, 0.6) is 11.5 Å². The van der Waals surface area contributed by atoms with Crippen molar-refractivity contribution in [2.24, 2.45) is 0 Å². The predicted molar refractivity (Wildman–Crippen MR) is 127 cm³/mol. The molecule has 0 unspecified atom stereocenters. The molecule has 170 valence electrons. The van der Waals surface area contributed by atoms with Gasteiger partial charge in [0, 0.05) is 36.3 Å². The van der Waals surface area contributed by atoms with Crippen molar-refractivity contribution in [3.05, 3.63) is 54.1 Å². The number of benzene rings is 2. The second kappa shape index (κ2) is 8.56. The van der Waals surface area contributed by atoms with Gasteiger partial charge in [-0.15, -0.1) is 0 Å². The summed E-state index contributed by atoms with van der Waals surface area (Å²) in [6, 6.07) is 15.8. The van der Waals surface area contributed by atoms with Crippen molar-refractivity contribution in [1.82, 2.24) is 14.8 Å². The fourth-order valence-electron chi connectivity index (χ4n) is 5.25. The van der Waals surface area contributed by atoms with Crippen LogP contribution < -0.4 is 14.8 Å². The Kier molecular flexibility index (Phi) is 5.26. The topological polar surface area (TPSA) is 66.9 Å². The molecule has 1 atom stereocenters. The Bertz CT molecular complexity index is 1190. The van der Waals surface area contributed by atoms with Crippen LogP contribution in [-0.4, -0.2) is 59.7 Å². The second-order valence-electron chi connectivity index (χ2n) is 9.07. The van der Waals surface area contributed by atoms with Crippen molar-refractivity contribution in [2.75, 3.05) is 38.3 Å². The van der Waals surface area contributed by atoms with Crippen LogP contribution in [-0.2, 0) is 0 Å². The van der Waals surface area contributed by atoms with Crippen LogP contribution in [0.25, 0.3) is 10.9 Å². The van der Waals surface area contributed by atoms with E-state index in [0.29, 0.717) is 17.1 Å². The molecule has 3 aliphatic rings. The standard InChI is InChI=1S/C26H28N4O3/c31-26(30-13-5-6-19(30)16-29-11-3-4-12-29)21-15-25(28-22-8-2-1-7-20(21)22)27-18-9-10-23-24(14-18)33-17-32-23/h1-2,7-10,14-15,19H,3-6,11-13,16-17H2,(H,27,28)/t19-/m0/s1. The van der Waals surface area contributed by atoms with Crippen molar-refractivity contribution in [3.63, 3.8) is 0 Å². The summed E-state index contributed by atoms with van der Waals surface area (Å²) in [5.74, 6) is 2.19. The number of carbonyl (C=O) groups is 1. The first-order valence-electron chi connectivity index (χ1n) is 11.8. The Morgan fingerprint density at radius 3 is 2.76 bits per heavy atom. The lowest BCUT2D eigenvalue weighted by molar-refractivity contribution is 0.0710. The molecule has 7 heteroatoms. The van der Waals surface area contributed by atoms with Crippen molar-refractivity contribution >= 4 is 28.3 Å². The maximum Gasteiger partial charge on any atom is 0.254 e. The molecule has 0 spiro atoms. The van der Waals surface area contributed by atoms with Gasteiger partial charge in [0.1, 0.15) is 5.82 Å². The predicted octanol–water partition coefficient (Wildman–Crippen LogP) is 4.41. The highest BCUT2D eigenvalue weighted by molar-refractivity contribution is 6.07. The maximum absolute atomic E-state index is 13.8. The molecular formula is C26H28N4O3. The van der Waals surface area contributed by atoms with Gasteiger partial charge in [-0.2, -0.15) is 0 Å². The molecule has 3 aliphatic heterocycles. The number of nitrogens with zero attached hydrogens (tertiary/aromatic N) is 3. The summed E-state index contributed by atoms with van der Waals surface area (Å²) in [4.78, 5) is 23.2. The number of anilines is 2. The monoisotopic (exact) mass is 444 g/mol. The van der Waals surface area contributed by atoms with E-state index in [4.69, 9.17) is 14.5 Å². The molecular weight excluding hydrogens is 416 g/mol. The van der Waals surface area contributed by atoms with Crippen molar-refractivity contribution < 1.29 is 14.3 Å². The molecule has 0 aliphatic carbocycles. The highest BCUT2D eigenvalue weighted by Gasteiger charge is 2.32. The van der Waals surface area contributed by atoms with Gasteiger partial charge in [0.25, 0.3) is 5.91 Å². The second-order valence-corrected chi connectivity index (χ2v) is 9.07. The molecule has 1 amide bonds. The molecule has 1 aromatic heterocycles. The minimum absolute atomic E-state index is 0.101. The van der Waals surface area contributed by atoms with Gasteiger partial charge in [0.15, 0.2) is 11.5 Å². The summed E-state index contributed by atoms with van der Waals surface area (Å²) in [6.07, 6.45) is 4.68. The quantitative estimate of drug-likeness (QED) is 0.629. The number of likely N-dealkylation sites (tertiary alicyclic amines) is 2. The number of para-hydroxylation sites is 1. The number of ether oxygens (including phenoxy) is 2. The minimum Gasteiger partial charge on any atom is -0.454 e. The van der Waals surface area contributed by atoms with Crippen LogP contribution in [0.15, 0.2) is 48.5 Å². The van der Waals surface area contributed by atoms with Crippen LogP contribution in [0.1, 0.15) is 36.0 Å². The SMILES string of the molecule is O=C(c1cc(Nc2ccc3c(c2)OCO3)nc2ccccc12)N1CCC[C@H]1CN1CCCC1. The third-order valence-corrected chi connectivity index (χ3v) is 6.90. The highest BCUT2D eigenvalue weighted by Crippen LogP contribution is 2.35. The molecule has 33 heavy (non-hydrogen) atoms. The lowest BCUT2D eigenvalue weighted by atomic mass is 10.1. The molecule has 1 N–H and O–H groups in total. The number of aromatic nitrogens is 1. The van der Waals surface area contributed by atoms with Crippen molar-refractivity contribution in [2.45, 2.75) is 31.7 Å². The maximum atomic E-state index is 13.8. The van der Waals surface area contributed by atoms with Gasteiger partial charge in [0.05, 0.1) is 11.1 Å². The number of amides is 1. The van der Waals surface area contributed by atoms with Gasteiger partial charge in [-0.25, -0.2) is 4.98 Å². The number of hydrogen-bond donors (Lipinski definition) is 1. The molecule has 7 nitrogen and oxygen atoms in total. The molecule has 6 rings (SSSR count). The van der Waals surface area contributed by atoms with E-state index in [1.54, 1.807) is 0 Å². The molecule has 0 saturated carbocycles. The number of pyridine rings is 1. The molecule has 2 aromatic carbocycles. The van der Waals surface area contributed by atoms with Gasteiger partial charge in [-0.05, 0) is 63.0 Å². The van der Waals surface area contributed by atoms with E-state index in [9.17, 15) is 4.79 Å². The number of rotatable bonds is 5. The Morgan fingerprint density at radius 1 is 1.00 bits per heavy atom.